The van der Waals surface area contributed by atoms with E-state index in [9.17, 15) is 13.2 Å². The molecular weight excluding hydrogens is 454 g/mol. The number of amides is 1. The van der Waals surface area contributed by atoms with Crippen LogP contribution in [0.2, 0.25) is 0 Å². The van der Waals surface area contributed by atoms with Gasteiger partial charge in [0.15, 0.2) is 6.61 Å². The quantitative estimate of drug-likeness (QED) is 0.553. The number of piperazine rings is 1. The summed E-state index contributed by atoms with van der Waals surface area (Å²) in [5.41, 5.74) is 3.06. The second-order valence-electron chi connectivity index (χ2n) is 8.12. The number of ether oxygens (including phenoxy) is 1. The maximum Gasteiger partial charge on any atom is 0.263 e. The van der Waals surface area contributed by atoms with Gasteiger partial charge in [-0.2, -0.15) is 0 Å². The fraction of sp³-hybridized carbons (Fsp3) is 0.292. The van der Waals surface area contributed by atoms with Crippen molar-refractivity contribution in [3.63, 3.8) is 0 Å². The normalized spacial score (nSPS) is 14.1. The van der Waals surface area contributed by atoms with Crippen LogP contribution in [0.25, 0.3) is 0 Å². The van der Waals surface area contributed by atoms with Crippen LogP contribution in [-0.2, 0) is 14.8 Å². The Morgan fingerprint density at radius 1 is 1.03 bits per heavy atom. The Balaban J connectivity index is 1.30. The second-order valence-corrected chi connectivity index (χ2v) is 9.80. The predicted octanol–water partition coefficient (Wildman–Crippen LogP) is 2.62. The van der Waals surface area contributed by atoms with Gasteiger partial charge in [0, 0.05) is 38.1 Å². The number of rotatable bonds is 7. The van der Waals surface area contributed by atoms with Crippen molar-refractivity contribution in [3.8, 4) is 5.75 Å². The highest BCUT2D eigenvalue weighted by molar-refractivity contribution is 7.92. The van der Waals surface area contributed by atoms with Crippen LogP contribution in [0.3, 0.4) is 0 Å². The minimum Gasteiger partial charge on any atom is -0.484 e. The number of carbonyl (C=O) groups excluding carboxylic acids is 1. The van der Waals surface area contributed by atoms with Crippen LogP contribution in [0.5, 0.6) is 5.75 Å². The number of hydrogen-bond donors (Lipinski definition) is 1. The van der Waals surface area contributed by atoms with Crippen LogP contribution in [0, 0.1) is 13.8 Å². The van der Waals surface area contributed by atoms with Gasteiger partial charge in [0.2, 0.25) is 0 Å². The van der Waals surface area contributed by atoms with E-state index in [1.54, 1.807) is 29.2 Å². The largest absolute Gasteiger partial charge is 0.484 e. The SMILES string of the molecule is Cc1ccc(OCC(=O)N2CCN(c3ccc(S(=O)(=O)Nc4ccncn4)cc3)CC2)c(C)c1. The Bertz CT molecular complexity index is 1240. The van der Waals surface area contributed by atoms with E-state index in [1.165, 1.54) is 18.6 Å². The lowest BCUT2D eigenvalue weighted by Crippen LogP contribution is -2.50. The number of sulfonamides is 1. The van der Waals surface area contributed by atoms with Crippen LogP contribution in [-0.4, -0.2) is 62.0 Å². The standard InChI is InChI=1S/C24H27N5O4S/c1-18-3-8-22(19(2)15-18)33-16-24(30)29-13-11-28(12-14-29)20-4-6-21(7-5-20)34(31,32)27-23-9-10-25-17-26-23/h3-10,15,17H,11-14,16H2,1-2H3,(H,25,26,27). The summed E-state index contributed by atoms with van der Waals surface area (Å²) in [6.07, 6.45) is 2.75. The lowest BCUT2D eigenvalue weighted by atomic mass is 10.1. The molecule has 0 saturated carbocycles. The van der Waals surface area contributed by atoms with Gasteiger partial charge >= 0.3 is 0 Å². The Morgan fingerprint density at radius 2 is 1.76 bits per heavy atom. The molecule has 1 aliphatic heterocycles. The number of benzene rings is 2. The molecule has 2 aromatic carbocycles. The van der Waals surface area contributed by atoms with Crippen molar-refractivity contribution < 1.29 is 17.9 Å². The molecular formula is C24H27N5O4S. The molecule has 1 aliphatic rings. The first kappa shape index (κ1) is 23.5. The van der Waals surface area contributed by atoms with Gasteiger partial charge in [-0.3, -0.25) is 9.52 Å². The van der Waals surface area contributed by atoms with Crippen molar-refractivity contribution in [1.29, 1.82) is 0 Å². The van der Waals surface area contributed by atoms with E-state index >= 15 is 0 Å². The average Bonchev–Trinajstić information content (AvgIpc) is 2.84. The fourth-order valence-corrected chi connectivity index (χ4v) is 4.80. The van der Waals surface area contributed by atoms with Crippen LogP contribution in [0.4, 0.5) is 11.5 Å². The van der Waals surface area contributed by atoms with Gasteiger partial charge < -0.3 is 14.5 Å². The third-order valence-electron chi connectivity index (χ3n) is 5.65. The fourth-order valence-electron chi connectivity index (χ4n) is 3.79. The first-order valence-electron chi connectivity index (χ1n) is 10.9. The lowest BCUT2D eigenvalue weighted by Gasteiger charge is -2.36. The molecule has 34 heavy (non-hydrogen) atoms. The zero-order valence-electron chi connectivity index (χ0n) is 19.1. The van der Waals surface area contributed by atoms with Gasteiger partial charge in [0.1, 0.15) is 17.9 Å². The smallest absolute Gasteiger partial charge is 0.263 e. The maximum atomic E-state index is 12.6. The zero-order chi connectivity index (χ0) is 24.1. The van der Waals surface area contributed by atoms with Crippen molar-refractivity contribution in [3.05, 3.63) is 72.2 Å². The zero-order valence-corrected chi connectivity index (χ0v) is 20.0. The number of nitrogens with one attached hydrogen (secondary N) is 1. The van der Waals surface area contributed by atoms with Crippen molar-refractivity contribution in [2.24, 2.45) is 0 Å². The van der Waals surface area contributed by atoms with Crippen molar-refractivity contribution in [2.75, 3.05) is 42.4 Å². The molecule has 0 spiro atoms. The number of nitrogens with zero attached hydrogens (tertiary/aromatic N) is 4. The van der Waals surface area contributed by atoms with E-state index in [0.29, 0.717) is 26.2 Å². The van der Waals surface area contributed by atoms with Gasteiger partial charge in [-0.25, -0.2) is 18.4 Å². The molecule has 2 heterocycles. The molecule has 0 radical (unpaired) electrons. The molecule has 1 amide bonds. The molecule has 1 fully saturated rings. The summed E-state index contributed by atoms with van der Waals surface area (Å²) in [6, 6.07) is 14.0. The summed E-state index contributed by atoms with van der Waals surface area (Å²) >= 11 is 0. The van der Waals surface area contributed by atoms with E-state index in [-0.39, 0.29) is 23.2 Å². The Kier molecular flexibility index (Phi) is 6.97. The Morgan fingerprint density at radius 3 is 2.41 bits per heavy atom. The first-order valence-corrected chi connectivity index (χ1v) is 12.4. The molecule has 1 saturated heterocycles. The summed E-state index contributed by atoms with van der Waals surface area (Å²) in [4.78, 5) is 24.3. The predicted molar refractivity (Wildman–Crippen MR) is 129 cm³/mol. The highest BCUT2D eigenvalue weighted by Crippen LogP contribution is 2.22. The van der Waals surface area contributed by atoms with E-state index in [2.05, 4.69) is 19.6 Å². The first-order chi connectivity index (χ1) is 16.3. The number of hydrogen-bond acceptors (Lipinski definition) is 7. The van der Waals surface area contributed by atoms with Gasteiger partial charge in [-0.15, -0.1) is 0 Å². The summed E-state index contributed by atoms with van der Waals surface area (Å²) in [5, 5.41) is 0. The topological polar surface area (TPSA) is 105 Å². The molecule has 10 heteroatoms. The van der Waals surface area contributed by atoms with E-state index in [1.807, 2.05) is 32.0 Å². The van der Waals surface area contributed by atoms with Crippen LogP contribution < -0.4 is 14.4 Å². The van der Waals surface area contributed by atoms with Gasteiger partial charge in [0.25, 0.3) is 15.9 Å². The molecule has 1 aromatic heterocycles. The molecule has 4 rings (SSSR count). The van der Waals surface area contributed by atoms with Crippen LogP contribution in [0.1, 0.15) is 11.1 Å². The third-order valence-corrected chi connectivity index (χ3v) is 7.02. The van der Waals surface area contributed by atoms with Crippen LogP contribution in [0.15, 0.2) is 66.0 Å². The number of carbonyl (C=O) groups is 1. The lowest BCUT2D eigenvalue weighted by molar-refractivity contribution is -0.133. The molecule has 0 aliphatic carbocycles. The minimum absolute atomic E-state index is 0.00971. The summed E-state index contributed by atoms with van der Waals surface area (Å²) in [5.74, 6) is 0.889. The monoisotopic (exact) mass is 481 g/mol. The van der Waals surface area contributed by atoms with E-state index in [0.717, 1.165) is 22.6 Å². The molecule has 178 valence electrons. The summed E-state index contributed by atoms with van der Waals surface area (Å²) < 4.78 is 33.3. The van der Waals surface area contributed by atoms with Crippen molar-refractivity contribution in [1.82, 2.24) is 14.9 Å². The van der Waals surface area contributed by atoms with E-state index in [4.69, 9.17) is 4.74 Å². The molecule has 3 aromatic rings. The average molecular weight is 482 g/mol. The Labute approximate surface area is 199 Å². The number of aryl methyl sites for hydroxylation is 2. The van der Waals surface area contributed by atoms with Crippen molar-refractivity contribution >= 4 is 27.4 Å². The molecule has 0 bridgehead atoms. The highest BCUT2D eigenvalue weighted by atomic mass is 32.2. The van der Waals surface area contributed by atoms with Crippen molar-refractivity contribution in [2.45, 2.75) is 18.7 Å². The van der Waals surface area contributed by atoms with E-state index < -0.39 is 10.0 Å². The molecule has 9 nitrogen and oxygen atoms in total. The highest BCUT2D eigenvalue weighted by Gasteiger charge is 2.22. The van der Waals surface area contributed by atoms with Gasteiger partial charge in [-0.05, 0) is 55.8 Å². The Hall–Kier alpha value is -3.66. The third kappa shape index (κ3) is 5.63. The number of aromatic nitrogens is 2. The maximum absolute atomic E-state index is 12.6. The second kappa shape index (κ2) is 10.1. The number of anilines is 2. The summed E-state index contributed by atoms with van der Waals surface area (Å²) in [7, 11) is -3.74. The summed E-state index contributed by atoms with van der Waals surface area (Å²) in [6.45, 7) is 6.45. The molecule has 0 unspecified atom stereocenters. The van der Waals surface area contributed by atoms with Gasteiger partial charge in [-0.1, -0.05) is 17.7 Å². The van der Waals surface area contributed by atoms with Crippen LogP contribution >= 0.6 is 0 Å². The van der Waals surface area contributed by atoms with Gasteiger partial charge in [0.05, 0.1) is 4.90 Å². The minimum atomic E-state index is -3.74. The molecule has 0 atom stereocenters. The molecule has 1 N–H and O–H groups in total.